The minimum absolute atomic E-state index is 0.0692. The van der Waals surface area contributed by atoms with Crippen molar-refractivity contribution in [1.29, 1.82) is 10.5 Å². The van der Waals surface area contributed by atoms with Gasteiger partial charge in [-0.25, -0.2) is 0 Å². The number of carbonyl (C=O) groups is 1. The van der Waals surface area contributed by atoms with E-state index < -0.39 is 5.92 Å². The van der Waals surface area contributed by atoms with Gasteiger partial charge in [0.1, 0.15) is 16.9 Å². The molecule has 0 bridgehead atoms. The molecule has 0 fully saturated rings. The largest absolute Gasteiger partial charge is 0.384 e. The molecule has 0 spiro atoms. The highest BCUT2D eigenvalue weighted by Crippen LogP contribution is 2.53. The van der Waals surface area contributed by atoms with E-state index in [2.05, 4.69) is 26.0 Å². The van der Waals surface area contributed by atoms with Gasteiger partial charge in [0.05, 0.1) is 23.1 Å². The summed E-state index contributed by atoms with van der Waals surface area (Å²) >= 11 is 3.14. The molecule has 2 aromatic rings. The first-order valence-corrected chi connectivity index (χ1v) is 12.6. The maximum absolute atomic E-state index is 13.5. The summed E-state index contributed by atoms with van der Waals surface area (Å²) in [5.41, 5.74) is 10.2. The van der Waals surface area contributed by atoms with Crippen molar-refractivity contribution in [2.75, 3.05) is 4.90 Å². The minimum Gasteiger partial charge on any atom is -0.384 e. The highest BCUT2D eigenvalue weighted by atomic mass is 32.1. The fourth-order valence-electron chi connectivity index (χ4n) is 5.31. The number of Topliss-reactive ketones (excluding diaryl/α,β-unsaturated/α-hetero) is 1. The molecule has 162 valence electrons. The summed E-state index contributed by atoms with van der Waals surface area (Å²) in [6.07, 6.45) is 5.16. The van der Waals surface area contributed by atoms with Gasteiger partial charge in [-0.15, -0.1) is 22.7 Å². The second-order valence-electron chi connectivity index (χ2n) is 9.50. The normalized spacial score (nSPS) is 22.3. The number of ketones is 1. The average molecular weight is 461 g/mol. The van der Waals surface area contributed by atoms with Gasteiger partial charge in [0.25, 0.3) is 0 Å². The van der Waals surface area contributed by atoms with Crippen molar-refractivity contribution in [3.8, 4) is 12.1 Å². The Kier molecular flexibility index (Phi) is 5.00. The van der Waals surface area contributed by atoms with Crippen molar-refractivity contribution in [2.45, 2.75) is 58.3 Å². The van der Waals surface area contributed by atoms with Crippen molar-refractivity contribution < 1.29 is 4.79 Å². The molecule has 0 radical (unpaired) electrons. The van der Waals surface area contributed by atoms with Crippen LogP contribution in [-0.4, -0.2) is 5.78 Å². The van der Waals surface area contributed by atoms with Gasteiger partial charge in [-0.05, 0) is 54.5 Å². The summed E-state index contributed by atoms with van der Waals surface area (Å²) in [5, 5.41) is 23.0. The van der Waals surface area contributed by atoms with Gasteiger partial charge >= 0.3 is 0 Å². The maximum Gasteiger partial charge on any atom is 0.162 e. The molecule has 5 rings (SSSR count). The van der Waals surface area contributed by atoms with E-state index >= 15 is 0 Å². The quantitative estimate of drug-likeness (QED) is 0.638. The van der Waals surface area contributed by atoms with E-state index in [9.17, 15) is 15.3 Å². The van der Waals surface area contributed by atoms with Crippen LogP contribution in [0.3, 0.4) is 0 Å². The lowest BCUT2D eigenvalue weighted by atomic mass is 9.70. The van der Waals surface area contributed by atoms with Gasteiger partial charge in [-0.2, -0.15) is 10.5 Å². The molecular formula is C25H24N4OS2. The monoisotopic (exact) mass is 460 g/mol. The van der Waals surface area contributed by atoms with Gasteiger partial charge in [-0.3, -0.25) is 9.69 Å². The number of nitriles is 2. The van der Waals surface area contributed by atoms with Gasteiger partial charge in [0.2, 0.25) is 0 Å². The lowest BCUT2D eigenvalue weighted by molar-refractivity contribution is -0.118. The van der Waals surface area contributed by atoms with E-state index in [0.29, 0.717) is 35.4 Å². The van der Waals surface area contributed by atoms with E-state index in [4.69, 9.17) is 5.73 Å². The molecular weight excluding hydrogens is 436 g/mol. The summed E-state index contributed by atoms with van der Waals surface area (Å²) < 4.78 is 0. The molecule has 0 saturated heterocycles. The molecule has 7 heteroatoms. The first-order chi connectivity index (χ1) is 15.4. The summed E-state index contributed by atoms with van der Waals surface area (Å²) in [4.78, 5) is 17.6. The zero-order valence-electron chi connectivity index (χ0n) is 18.2. The van der Waals surface area contributed by atoms with Gasteiger partial charge < -0.3 is 5.73 Å². The van der Waals surface area contributed by atoms with E-state index in [-0.39, 0.29) is 11.2 Å². The number of nitrogens with two attached hydrogens (primary N) is 1. The predicted octanol–water partition coefficient (Wildman–Crippen LogP) is 5.50. The molecule has 2 N–H and O–H groups in total. The molecule has 32 heavy (non-hydrogen) atoms. The summed E-state index contributed by atoms with van der Waals surface area (Å²) in [6, 6.07) is 8.65. The highest BCUT2D eigenvalue weighted by molar-refractivity contribution is 7.16. The number of thiophene rings is 2. The van der Waals surface area contributed by atoms with Crippen LogP contribution in [-0.2, 0) is 17.6 Å². The Labute approximate surface area is 196 Å². The SMILES string of the molecule is CC1(C)CC(=O)C2=C(C1)N(c1sc3c(c1C#N)CCCC3)C(N)=C(C#N)[C@H]2c1cccs1. The number of hydrogen-bond donors (Lipinski definition) is 1. The Balaban J connectivity index is 1.79. The number of nitrogens with zero attached hydrogens (tertiary/aromatic N) is 3. The maximum atomic E-state index is 13.5. The zero-order valence-corrected chi connectivity index (χ0v) is 19.8. The Morgan fingerprint density at radius 3 is 2.66 bits per heavy atom. The molecule has 2 aromatic heterocycles. The molecule has 0 amide bonds. The third-order valence-corrected chi connectivity index (χ3v) is 8.89. The summed E-state index contributed by atoms with van der Waals surface area (Å²) in [6.45, 7) is 4.19. The number of rotatable bonds is 2. The number of fused-ring (bicyclic) bond motifs is 1. The van der Waals surface area contributed by atoms with Gasteiger partial charge in [0.15, 0.2) is 5.78 Å². The summed E-state index contributed by atoms with van der Waals surface area (Å²) in [7, 11) is 0. The molecule has 0 saturated carbocycles. The van der Waals surface area contributed by atoms with Crippen LogP contribution < -0.4 is 10.6 Å². The molecule has 3 heterocycles. The van der Waals surface area contributed by atoms with Crippen LogP contribution in [0.5, 0.6) is 0 Å². The molecule has 1 atom stereocenters. The van der Waals surface area contributed by atoms with Gasteiger partial charge in [0, 0.05) is 27.4 Å². The summed E-state index contributed by atoms with van der Waals surface area (Å²) in [5.74, 6) is -0.0139. The number of carbonyl (C=O) groups excluding carboxylic acids is 1. The van der Waals surface area contributed by atoms with Crippen LogP contribution in [0.1, 0.15) is 66.3 Å². The number of anilines is 1. The van der Waals surface area contributed by atoms with Crippen LogP contribution >= 0.6 is 22.7 Å². The minimum atomic E-state index is -0.435. The predicted molar refractivity (Wildman–Crippen MR) is 127 cm³/mol. The Morgan fingerprint density at radius 1 is 1.19 bits per heavy atom. The third-order valence-electron chi connectivity index (χ3n) is 6.68. The van der Waals surface area contributed by atoms with Crippen molar-refractivity contribution >= 4 is 33.5 Å². The third kappa shape index (κ3) is 3.11. The van der Waals surface area contributed by atoms with Crippen molar-refractivity contribution in [3.63, 3.8) is 0 Å². The molecule has 5 nitrogen and oxygen atoms in total. The Hall–Kier alpha value is -2.87. The molecule has 3 aliphatic rings. The molecule has 1 aliphatic heterocycles. The smallest absolute Gasteiger partial charge is 0.162 e. The fraction of sp³-hybridized carbons (Fsp3) is 0.400. The van der Waals surface area contributed by atoms with Crippen LogP contribution in [0.2, 0.25) is 0 Å². The molecule has 0 aromatic carbocycles. The van der Waals surface area contributed by atoms with E-state index in [1.807, 2.05) is 22.4 Å². The Bertz CT molecular complexity index is 1260. The van der Waals surface area contributed by atoms with Crippen LogP contribution in [0, 0.1) is 28.1 Å². The first-order valence-electron chi connectivity index (χ1n) is 10.9. The van der Waals surface area contributed by atoms with Crippen LogP contribution in [0.4, 0.5) is 5.00 Å². The van der Waals surface area contributed by atoms with Crippen molar-refractivity contribution in [1.82, 2.24) is 0 Å². The average Bonchev–Trinajstić information content (AvgIpc) is 3.39. The van der Waals surface area contributed by atoms with E-state index in [1.165, 1.54) is 16.2 Å². The molecule has 0 unspecified atom stereocenters. The topological polar surface area (TPSA) is 93.9 Å². The molecule has 2 aliphatic carbocycles. The lowest BCUT2D eigenvalue weighted by Crippen LogP contribution is -2.42. The highest BCUT2D eigenvalue weighted by Gasteiger charge is 2.46. The van der Waals surface area contributed by atoms with Crippen molar-refractivity contribution in [2.24, 2.45) is 11.1 Å². The zero-order chi connectivity index (χ0) is 22.6. The second-order valence-corrected chi connectivity index (χ2v) is 11.6. The number of hydrogen-bond acceptors (Lipinski definition) is 7. The van der Waals surface area contributed by atoms with E-state index in [1.54, 1.807) is 11.3 Å². The number of aryl methyl sites for hydroxylation is 1. The van der Waals surface area contributed by atoms with Crippen molar-refractivity contribution in [3.05, 3.63) is 61.1 Å². The number of allylic oxidation sites excluding steroid dienone is 3. The van der Waals surface area contributed by atoms with Crippen LogP contribution in [0.25, 0.3) is 0 Å². The Morgan fingerprint density at radius 2 is 1.97 bits per heavy atom. The lowest BCUT2D eigenvalue weighted by Gasteiger charge is -2.43. The second kappa shape index (κ2) is 7.62. The first kappa shape index (κ1) is 21.0. The fourth-order valence-corrected chi connectivity index (χ4v) is 7.53. The standard InChI is InChI=1S/C25H24N4OS2/c1-25(2)10-17-22(18(30)11-25)21(20-8-5-9-31-20)16(13-27)23(28)29(17)24-15(12-26)14-6-3-4-7-19(14)32-24/h5,8-9,21H,3-4,6-7,10-11,28H2,1-2H3/t21-/m0/s1. The van der Waals surface area contributed by atoms with Crippen LogP contribution in [0.15, 0.2) is 40.2 Å². The van der Waals surface area contributed by atoms with E-state index in [0.717, 1.165) is 46.8 Å². The van der Waals surface area contributed by atoms with Gasteiger partial charge in [-0.1, -0.05) is 19.9 Å².